The summed E-state index contributed by atoms with van der Waals surface area (Å²) in [6.07, 6.45) is 2.67. The smallest absolute Gasteiger partial charge is 0.193 e. The molecule has 9 nitrogen and oxygen atoms in total. The van der Waals surface area contributed by atoms with Crippen LogP contribution >= 0.6 is 0 Å². The monoisotopic (exact) mass is 394 g/mol. The maximum atomic E-state index is 6.01. The lowest BCUT2D eigenvalue weighted by Crippen LogP contribution is -2.22. The van der Waals surface area contributed by atoms with Crippen molar-refractivity contribution in [3.63, 3.8) is 0 Å². The maximum absolute atomic E-state index is 6.01. The van der Waals surface area contributed by atoms with Crippen molar-refractivity contribution >= 4 is 11.6 Å². The molecule has 2 aromatic carbocycles. The Hall–Kier alpha value is -3.75. The number of nitrogens with two attached hydrogens (primary N) is 1. The van der Waals surface area contributed by atoms with Crippen molar-refractivity contribution in [1.29, 1.82) is 0 Å². The van der Waals surface area contributed by atoms with Crippen LogP contribution in [0.2, 0.25) is 0 Å². The summed E-state index contributed by atoms with van der Waals surface area (Å²) in [5.41, 5.74) is 8.36. The largest absolute Gasteiger partial charge is 0.497 e. The third-order valence-corrected chi connectivity index (χ3v) is 4.31. The molecule has 0 radical (unpaired) electrons. The quantitative estimate of drug-likeness (QED) is 0.505. The number of benzene rings is 2. The molecule has 0 saturated heterocycles. The van der Waals surface area contributed by atoms with Gasteiger partial charge in [-0.15, -0.1) is 5.10 Å². The summed E-state index contributed by atoms with van der Waals surface area (Å²) in [6, 6.07) is 13.1. The fourth-order valence-corrected chi connectivity index (χ4v) is 2.83. The lowest BCUT2D eigenvalue weighted by Gasteiger charge is -2.10. The van der Waals surface area contributed by atoms with Gasteiger partial charge < -0.3 is 25.3 Å². The van der Waals surface area contributed by atoms with Crippen molar-refractivity contribution in [2.24, 2.45) is 10.7 Å². The van der Waals surface area contributed by atoms with E-state index in [1.165, 1.54) is 0 Å². The van der Waals surface area contributed by atoms with Crippen molar-refractivity contribution in [2.45, 2.75) is 13.0 Å². The van der Waals surface area contributed by atoms with E-state index in [0.717, 1.165) is 29.3 Å². The van der Waals surface area contributed by atoms with E-state index < -0.39 is 0 Å². The number of fused-ring (bicyclic) bond motifs is 1. The number of rotatable bonds is 5. The highest BCUT2D eigenvalue weighted by molar-refractivity contribution is 5.92. The van der Waals surface area contributed by atoms with Gasteiger partial charge in [-0.05, 0) is 36.4 Å². The van der Waals surface area contributed by atoms with Crippen LogP contribution in [0.4, 0.5) is 5.69 Å². The molecule has 0 spiro atoms. The van der Waals surface area contributed by atoms with Gasteiger partial charge in [0, 0.05) is 18.2 Å². The molecule has 0 fully saturated rings. The van der Waals surface area contributed by atoms with Crippen LogP contribution in [-0.2, 0) is 6.54 Å². The second kappa shape index (κ2) is 8.51. The average molecular weight is 394 g/mol. The van der Waals surface area contributed by atoms with Gasteiger partial charge in [0.25, 0.3) is 0 Å². The van der Waals surface area contributed by atoms with Crippen LogP contribution in [0.25, 0.3) is 5.69 Å². The molecule has 0 bridgehead atoms. The van der Waals surface area contributed by atoms with Crippen molar-refractivity contribution in [3.05, 3.63) is 54.4 Å². The van der Waals surface area contributed by atoms with Crippen LogP contribution in [0, 0.1) is 0 Å². The Kier molecular flexibility index (Phi) is 5.46. The number of aromatic nitrogens is 3. The van der Waals surface area contributed by atoms with E-state index in [4.69, 9.17) is 19.9 Å². The maximum Gasteiger partial charge on any atom is 0.193 e. The lowest BCUT2D eigenvalue weighted by molar-refractivity contribution is 0.297. The van der Waals surface area contributed by atoms with Crippen molar-refractivity contribution < 1.29 is 14.2 Å². The second-order valence-electron chi connectivity index (χ2n) is 6.39. The number of hydrogen-bond donors (Lipinski definition) is 2. The minimum atomic E-state index is 0.276. The summed E-state index contributed by atoms with van der Waals surface area (Å²) in [5.74, 6) is 2.49. The molecule has 150 valence electrons. The Labute approximate surface area is 168 Å². The van der Waals surface area contributed by atoms with Crippen LogP contribution in [0.3, 0.4) is 0 Å². The molecule has 0 atom stereocenters. The van der Waals surface area contributed by atoms with Gasteiger partial charge in [0.05, 0.1) is 38.8 Å². The highest BCUT2D eigenvalue weighted by atomic mass is 16.5. The minimum absolute atomic E-state index is 0.276. The summed E-state index contributed by atoms with van der Waals surface area (Å²) in [5, 5.41) is 11.3. The zero-order valence-electron chi connectivity index (χ0n) is 16.0. The van der Waals surface area contributed by atoms with Gasteiger partial charge in [-0.1, -0.05) is 5.21 Å². The molecule has 1 aliphatic heterocycles. The third kappa shape index (κ3) is 4.57. The summed E-state index contributed by atoms with van der Waals surface area (Å²) >= 11 is 0. The highest BCUT2D eigenvalue weighted by Gasteiger charge is 2.11. The van der Waals surface area contributed by atoms with Crippen LogP contribution in [0.15, 0.2) is 53.7 Å². The molecule has 3 N–H and O–H groups in total. The molecule has 2 heterocycles. The third-order valence-electron chi connectivity index (χ3n) is 4.31. The van der Waals surface area contributed by atoms with Crippen molar-refractivity contribution in [2.75, 3.05) is 25.6 Å². The van der Waals surface area contributed by atoms with E-state index >= 15 is 0 Å². The Balaban J connectivity index is 1.39. The van der Waals surface area contributed by atoms with Crippen molar-refractivity contribution in [1.82, 2.24) is 15.0 Å². The Morgan fingerprint density at radius 1 is 1.17 bits per heavy atom. The summed E-state index contributed by atoms with van der Waals surface area (Å²) in [4.78, 5) is 4.33. The molecule has 3 aromatic rings. The van der Waals surface area contributed by atoms with E-state index in [1.54, 1.807) is 11.8 Å². The fraction of sp³-hybridized carbons (Fsp3) is 0.250. The van der Waals surface area contributed by atoms with Crippen LogP contribution in [-0.4, -0.2) is 41.3 Å². The zero-order chi connectivity index (χ0) is 20.1. The minimum Gasteiger partial charge on any atom is -0.497 e. The molecule has 4 rings (SSSR count). The molecule has 0 saturated carbocycles. The van der Waals surface area contributed by atoms with E-state index in [9.17, 15) is 0 Å². The summed E-state index contributed by atoms with van der Waals surface area (Å²) in [7, 11) is 1.63. The Morgan fingerprint density at radius 3 is 2.76 bits per heavy atom. The standard InChI is InChI=1S/C20H22N6O3/c1-27-17-6-4-16(5-7-17)26-13-15(24-25-26)12-22-20(21)23-14-3-8-18-19(11-14)29-10-2-9-28-18/h3-8,11,13H,2,9-10,12H2,1H3,(H3,21,22,23). The zero-order valence-corrected chi connectivity index (χ0v) is 16.0. The van der Waals surface area contributed by atoms with E-state index in [-0.39, 0.29) is 5.96 Å². The first-order valence-corrected chi connectivity index (χ1v) is 9.23. The lowest BCUT2D eigenvalue weighted by atomic mass is 10.3. The first-order valence-electron chi connectivity index (χ1n) is 9.23. The number of methoxy groups -OCH3 is 1. The molecular formula is C20H22N6O3. The van der Waals surface area contributed by atoms with Gasteiger partial charge in [0.2, 0.25) is 0 Å². The summed E-state index contributed by atoms with van der Waals surface area (Å²) < 4.78 is 18.2. The number of guanidine groups is 1. The molecule has 0 unspecified atom stereocenters. The van der Waals surface area contributed by atoms with E-state index in [0.29, 0.717) is 31.2 Å². The molecule has 29 heavy (non-hydrogen) atoms. The first-order chi connectivity index (χ1) is 14.2. The van der Waals surface area contributed by atoms with Crippen LogP contribution in [0.1, 0.15) is 12.1 Å². The first kappa shape index (κ1) is 18.6. The van der Waals surface area contributed by atoms with Gasteiger partial charge in [-0.2, -0.15) is 0 Å². The topological polar surface area (TPSA) is 109 Å². The predicted octanol–water partition coefficient (Wildman–Crippen LogP) is 2.36. The Bertz CT molecular complexity index is 1000. The van der Waals surface area contributed by atoms with E-state index in [2.05, 4.69) is 20.6 Å². The molecule has 1 aromatic heterocycles. The highest BCUT2D eigenvalue weighted by Crippen LogP contribution is 2.32. The summed E-state index contributed by atoms with van der Waals surface area (Å²) in [6.45, 7) is 1.59. The molecular weight excluding hydrogens is 372 g/mol. The number of anilines is 1. The number of aliphatic imine (C=N–C) groups is 1. The van der Waals surface area contributed by atoms with Gasteiger partial charge in [0.1, 0.15) is 11.4 Å². The van der Waals surface area contributed by atoms with Gasteiger partial charge in [-0.25, -0.2) is 9.67 Å². The van der Waals surface area contributed by atoms with Gasteiger partial charge in [0.15, 0.2) is 17.5 Å². The number of hydrogen-bond acceptors (Lipinski definition) is 6. The molecule has 0 amide bonds. The predicted molar refractivity (Wildman–Crippen MR) is 109 cm³/mol. The molecule has 9 heteroatoms. The average Bonchev–Trinajstić information content (AvgIpc) is 3.10. The fourth-order valence-electron chi connectivity index (χ4n) is 2.83. The van der Waals surface area contributed by atoms with E-state index in [1.807, 2.05) is 48.7 Å². The van der Waals surface area contributed by atoms with Gasteiger partial charge >= 0.3 is 0 Å². The molecule has 0 aliphatic carbocycles. The van der Waals surface area contributed by atoms with Crippen molar-refractivity contribution in [3.8, 4) is 22.9 Å². The van der Waals surface area contributed by atoms with Gasteiger partial charge in [-0.3, -0.25) is 0 Å². The number of nitrogens with zero attached hydrogens (tertiary/aromatic N) is 4. The number of ether oxygens (including phenoxy) is 3. The second-order valence-corrected chi connectivity index (χ2v) is 6.39. The molecule has 1 aliphatic rings. The van der Waals surface area contributed by atoms with Crippen LogP contribution in [0.5, 0.6) is 17.2 Å². The normalized spacial score (nSPS) is 13.6. The Morgan fingerprint density at radius 2 is 1.97 bits per heavy atom. The number of nitrogens with one attached hydrogen (secondary N) is 1. The SMILES string of the molecule is COc1ccc(-n2cc(CN=C(N)Nc3ccc4c(c3)OCCCO4)nn2)cc1. The van der Waals surface area contributed by atoms with Crippen LogP contribution < -0.4 is 25.3 Å².